The van der Waals surface area contributed by atoms with Crippen LogP contribution in [-0.4, -0.2) is 28.7 Å². The number of pyridine rings is 1. The van der Waals surface area contributed by atoms with E-state index in [1.165, 1.54) is 11.1 Å². The molecule has 22 heavy (non-hydrogen) atoms. The standard InChI is InChI=1S/C15H18FN5O/c16-11-3-10(4-18-5-11)12-1-2-20-21(12)13(22)15-6-14(7-15,8-15)9-19-17/h2-5,12,19H,1,6-9,17H2. The molecule has 1 aliphatic heterocycles. The molecule has 5 rings (SSSR count). The second-order valence-electron chi connectivity index (χ2n) is 6.83. The number of aromatic nitrogens is 1. The molecule has 1 amide bonds. The molecule has 0 aromatic carbocycles. The Labute approximate surface area is 127 Å². The Morgan fingerprint density at radius 1 is 1.45 bits per heavy atom. The summed E-state index contributed by atoms with van der Waals surface area (Å²) in [4.78, 5) is 16.7. The van der Waals surface area contributed by atoms with Gasteiger partial charge in [-0.15, -0.1) is 0 Å². The predicted molar refractivity (Wildman–Crippen MR) is 77.8 cm³/mol. The van der Waals surface area contributed by atoms with Crippen LogP contribution in [0.1, 0.15) is 37.3 Å². The summed E-state index contributed by atoms with van der Waals surface area (Å²) in [6.07, 6.45) is 7.68. The molecule has 1 aromatic rings. The lowest BCUT2D eigenvalue weighted by atomic mass is 9.35. The van der Waals surface area contributed by atoms with Gasteiger partial charge < -0.3 is 0 Å². The predicted octanol–water partition coefficient (Wildman–Crippen LogP) is 1.11. The summed E-state index contributed by atoms with van der Waals surface area (Å²) >= 11 is 0. The number of hydrazine groups is 1. The summed E-state index contributed by atoms with van der Waals surface area (Å²) in [5, 5.41) is 5.76. The SMILES string of the molecule is NNCC12CC(C(=O)N3N=CCC3c3cncc(F)c3)(C1)C2. The summed E-state index contributed by atoms with van der Waals surface area (Å²) in [5.41, 5.74) is 3.32. The number of hydrogen-bond donors (Lipinski definition) is 2. The maximum Gasteiger partial charge on any atom is 0.249 e. The Balaban J connectivity index is 1.51. The second-order valence-corrected chi connectivity index (χ2v) is 6.83. The average Bonchev–Trinajstić information content (AvgIpc) is 2.89. The largest absolute Gasteiger partial charge is 0.272 e. The van der Waals surface area contributed by atoms with Crippen molar-refractivity contribution in [1.29, 1.82) is 0 Å². The minimum Gasteiger partial charge on any atom is -0.272 e. The van der Waals surface area contributed by atoms with Crippen molar-refractivity contribution in [3.63, 3.8) is 0 Å². The van der Waals surface area contributed by atoms with Gasteiger partial charge in [0.25, 0.3) is 0 Å². The number of nitrogens with two attached hydrogens (primary N) is 1. The molecule has 7 heteroatoms. The number of carbonyl (C=O) groups is 1. The van der Waals surface area contributed by atoms with Crippen LogP contribution < -0.4 is 11.3 Å². The molecule has 4 aliphatic rings. The van der Waals surface area contributed by atoms with Gasteiger partial charge in [-0.2, -0.15) is 5.10 Å². The highest BCUT2D eigenvalue weighted by Crippen LogP contribution is 2.73. The van der Waals surface area contributed by atoms with E-state index in [0.29, 0.717) is 12.0 Å². The molecule has 0 saturated heterocycles. The molecular formula is C15H18FN5O. The van der Waals surface area contributed by atoms with E-state index in [4.69, 9.17) is 5.84 Å². The first-order chi connectivity index (χ1) is 10.6. The first-order valence-electron chi connectivity index (χ1n) is 7.48. The van der Waals surface area contributed by atoms with Crippen molar-refractivity contribution in [3.8, 4) is 0 Å². The van der Waals surface area contributed by atoms with E-state index >= 15 is 0 Å². The topological polar surface area (TPSA) is 83.6 Å². The van der Waals surface area contributed by atoms with Crippen LogP contribution in [0.2, 0.25) is 0 Å². The van der Waals surface area contributed by atoms with Gasteiger partial charge in [0.15, 0.2) is 0 Å². The summed E-state index contributed by atoms with van der Waals surface area (Å²) in [5.74, 6) is 5.05. The van der Waals surface area contributed by atoms with Crippen molar-refractivity contribution in [1.82, 2.24) is 15.4 Å². The number of hydrogen-bond acceptors (Lipinski definition) is 5. The van der Waals surface area contributed by atoms with Gasteiger partial charge in [0.05, 0.1) is 17.7 Å². The van der Waals surface area contributed by atoms with Crippen molar-refractivity contribution in [2.45, 2.75) is 31.7 Å². The monoisotopic (exact) mass is 303 g/mol. The van der Waals surface area contributed by atoms with Crippen LogP contribution in [0.5, 0.6) is 0 Å². The molecule has 6 nitrogen and oxygen atoms in total. The Morgan fingerprint density at radius 3 is 2.91 bits per heavy atom. The number of nitrogens with zero attached hydrogens (tertiary/aromatic N) is 3. The maximum atomic E-state index is 13.4. The van der Waals surface area contributed by atoms with Crippen LogP contribution in [0.25, 0.3) is 0 Å². The number of rotatable bonds is 4. The van der Waals surface area contributed by atoms with Crippen molar-refractivity contribution >= 4 is 12.1 Å². The summed E-state index contributed by atoms with van der Waals surface area (Å²) in [7, 11) is 0. The van der Waals surface area contributed by atoms with Gasteiger partial charge in [-0.3, -0.25) is 21.0 Å². The summed E-state index contributed by atoms with van der Waals surface area (Å²) in [6.45, 7) is 0.753. The zero-order valence-electron chi connectivity index (χ0n) is 12.1. The Bertz CT molecular complexity index is 641. The molecule has 1 aromatic heterocycles. The van der Waals surface area contributed by atoms with E-state index in [-0.39, 0.29) is 22.8 Å². The van der Waals surface area contributed by atoms with E-state index in [1.54, 1.807) is 12.4 Å². The molecule has 3 fully saturated rings. The fourth-order valence-corrected chi connectivity index (χ4v) is 4.37. The zero-order valence-corrected chi connectivity index (χ0v) is 12.1. The third-order valence-electron chi connectivity index (χ3n) is 5.22. The fourth-order valence-electron chi connectivity index (χ4n) is 4.37. The number of amides is 1. The minimum atomic E-state index is -0.393. The molecule has 1 unspecified atom stereocenters. The molecule has 3 N–H and O–H groups in total. The van der Waals surface area contributed by atoms with E-state index < -0.39 is 5.82 Å². The van der Waals surface area contributed by atoms with E-state index in [9.17, 15) is 9.18 Å². The number of halogens is 1. The number of nitrogens with one attached hydrogen (secondary N) is 1. The first kappa shape index (κ1) is 13.8. The number of hydrazone groups is 1. The zero-order chi connectivity index (χ0) is 15.4. The highest BCUT2D eigenvalue weighted by atomic mass is 19.1. The van der Waals surface area contributed by atoms with E-state index in [0.717, 1.165) is 32.0 Å². The lowest BCUT2D eigenvalue weighted by Crippen LogP contribution is -2.70. The third-order valence-corrected chi connectivity index (χ3v) is 5.22. The van der Waals surface area contributed by atoms with Crippen molar-refractivity contribution in [3.05, 3.63) is 29.8 Å². The van der Waals surface area contributed by atoms with Crippen LogP contribution in [-0.2, 0) is 4.79 Å². The average molecular weight is 303 g/mol. The van der Waals surface area contributed by atoms with Crippen LogP contribution in [0.3, 0.4) is 0 Å². The van der Waals surface area contributed by atoms with E-state index in [2.05, 4.69) is 15.5 Å². The van der Waals surface area contributed by atoms with Gasteiger partial charge in [-0.1, -0.05) is 0 Å². The third kappa shape index (κ3) is 1.82. The Morgan fingerprint density at radius 2 is 2.23 bits per heavy atom. The smallest absolute Gasteiger partial charge is 0.249 e. The van der Waals surface area contributed by atoms with Gasteiger partial charge in [0.1, 0.15) is 5.82 Å². The lowest BCUT2D eigenvalue weighted by molar-refractivity contribution is -0.216. The van der Waals surface area contributed by atoms with E-state index in [1.807, 2.05) is 0 Å². The lowest BCUT2D eigenvalue weighted by Gasteiger charge is -2.69. The highest BCUT2D eigenvalue weighted by Gasteiger charge is 2.72. The van der Waals surface area contributed by atoms with Crippen LogP contribution in [0.15, 0.2) is 23.6 Å². The van der Waals surface area contributed by atoms with Gasteiger partial charge in [0.2, 0.25) is 5.91 Å². The Kier molecular flexibility index (Phi) is 2.86. The molecular weight excluding hydrogens is 285 g/mol. The Hall–Kier alpha value is -1.86. The quantitative estimate of drug-likeness (QED) is 0.645. The fraction of sp³-hybridized carbons (Fsp3) is 0.533. The van der Waals surface area contributed by atoms with Crippen LogP contribution >= 0.6 is 0 Å². The van der Waals surface area contributed by atoms with Crippen LogP contribution in [0, 0.1) is 16.6 Å². The van der Waals surface area contributed by atoms with Crippen LogP contribution in [0.4, 0.5) is 4.39 Å². The molecule has 0 spiro atoms. The van der Waals surface area contributed by atoms with Gasteiger partial charge >= 0.3 is 0 Å². The summed E-state index contributed by atoms with van der Waals surface area (Å²) < 4.78 is 13.4. The number of carbonyl (C=O) groups excluding carboxylic acids is 1. The van der Waals surface area contributed by atoms with Crippen molar-refractivity contribution in [2.24, 2.45) is 21.8 Å². The maximum absolute atomic E-state index is 13.4. The molecule has 2 heterocycles. The highest BCUT2D eigenvalue weighted by molar-refractivity contribution is 5.88. The van der Waals surface area contributed by atoms with Gasteiger partial charge in [-0.05, 0) is 36.3 Å². The summed E-state index contributed by atoms with van der Waals surface area (Å²) in [6, 6.07) is 1.18. The minimum absolute atomic E-state index is 0.0504. The van der Waals surface area contributed by atoms with Gasteiger partial charge in [0, 0.05) is 25.4 Å². The second kappa shape index (κ2) is 4.57. The normalized spacial score (nSPS) is 35.2. The molecule has 2 bridgehead atoms. The molecule has 3 aliphatic carbocycles. The molecule has 3 saturated carbocycles. The molecule has 1 atom stereocenters. The first-order valence-corrected chi connectivity index (χ1v) is 7.48. The van der Waals surface area contributed by atoms with Crippen molar-refractivity contribution < 1.29 is 9.18 Å². The molecule has 116 valence electrons. The van der Waals surface area contributed by atoms with Gasteiger partial charge in [-0.25, -0.2) is 9.40 Å². The van der Waals surface area contributed by atoms with Crippen molar-refractivity contribution in [2.75, 3.05) is 6.54 Å². The molecule has 0 radical (unpaired) electrons.